The van der Waals surface area contributed by atoms with Gasteiger partial charge < -0.3 is 10.1 Å². The van der Waals surface area contributed by atoms with E-state index in [4.69, 9.17) is 16.3 Å². The van der Waals surface area contributed by atoms with Crippen molar-refractivity contribution in [2.75, 3.05) is 13.2 Å². The maximum absolute atomic E-state index is 11.8. The number of hydrogen-bond acceptors (Lipinski definition) is 5. The van der Waals surface area contributed by atoms with Crippen LogP contribution in [0.3, 0.4) is 0 Å². The minimum Gasteiger partial charge on any atom is -0.466 e. The second-order valence-electron chi connectivity index (χ2n) is 3.70. The van der Waals surface area contributed by atoms with Gasteiger partial charge in [-0.2, -0.15) is 0 Å². The maximum atomic E-state index is 11.8. The number of esters is 1. The number of halogens is 1. The number of benzene rings is 1. The first-order chi connectivity index (χ1) is 9.47. The Balaban J connectivity index is 2.71. The third-order valence-electron chi connectivity index (χ3n) is 2.33. The predicted molar refractivity (Wildman–Crippen MR) is 71.7 cm³/mol. The molecular weight excluding hydrogens is 288 g/mol. The van der Waals surface area contributed by atoms with Crippen molar-refractivity contribution in [3.05, 3.63) is 38.9 Å². The van der Waals surface area contributed by atoms with Crippen molar-refractivity contribution in [2.24, 2.45) is 0 Å². The van der Waals surface area contributed by atoms with E-state index >= 15 is 0 Å². The Labute approximate surface area is 120 Å². The molecule has 0 heterocycles. The lowest BCUT2D eigenvalue weighted by Crippen LogP contribution is -2.27. The number of nitro groups is 1. The summed E-state index contributed by atoms with van der Waals surface area (Å²) in [7, 11) is 0. The number of nitro benzene ring substituents is 1. The van der Waals surface area contributed by atoms with Crippen LogP contribution >= 0.6 is 11.6 Å². The summed E-state index contributed by atoms with van der Waals surface area (Å²) in [5, 5.41) is 13.2. The van der Waals surface area contributed by atoms with E-state index in [1.54, 1.807) is 6.92 Å². The van der Waals surface area contributed by atoms with Gasteiger partial charge in [-0.3, -0.25) is 19.7 Å². The molecule has 1 aromatic rings. The van der Waals surface area contributed by atoms with E-state index in [2.05, 4.69) is 5.32 Å². The van der Waals surface area contributed by atoms with E-state index in [-0.39, 0.29) is 30.2 Å². The number of amides is 1. The number of hydrogen-bond donors (Lipinski definition) is 1. The first kappa shape index (κ1) is 15.9. The van der Waals surface area contributed by atoms with Crippen LogP contribution < -0.4 is 5.32 Å². The quantitative estimate of drug-likeness (QED) is 0.491. The number of ether oxygens (including phenoxy) is 1. The smallest absolute Gasteiger partial charge is 0.307 e. The zero-order chi connectivity index (χ0) is 15.1. The number of carbonyl (C=O) groups is 2. The highest BCUT2D eigenvalue weighted by Crippen LogP contribution is 2.27. The van der Waals surface area contributed by atoms with Gasteiger partial charge in [-0.25, -0.2) is 0 Å². The molecule has 0 bridgehead atoms. The SMILES string of the molecule is CCOC(=O)CCNC(=O)c1cccc(Cl)c1[N+](=O)[O-]. The fourth-order valence-corrected chi connectivity index (χ4v) is 1.73. The molecule has 7 nitrogen and oxygen atoms in total. The molecule has 0 unspecified atom stereocenters. The van der Waals surface area contributed by atoms with Crippen LogP contribution in [0.15, 0.2) is 18.2 Å². The average Bonchev–Trinajstić information content (AvgIpc) is 2.38. The average molecular weight is 301 g/mol. The van der Waals surface area contributed by atoms with E-state index in [0.29, 0.717) is 0 Å². The molecule has 0 aliphatic rings. The van der Waals surface area contributed by atoms with Gasteiger partial charge >= 0.3 is 11.7 Å². The minimum atomic E-state index is -0.720. The summed E-state index contributed by atoms with van der Waals surface area (Å²) in [6, 6.07) is 4.06. The molecule has 1 rings (SSSR count). The summed E-state index contributed by atoms with van der Waals surface area (Å²) in [5.74, 6) is -1.11. The summed E-state index contributed by atoms with van der Waals surface area (Å²) < 4.78 is 4.69. The summed E-state index contributed by atoms with van der Waals surface area (Å²) >= 11 is 5.70. The van der Waals surface area contributed by atoms with Crippen molar-refractivity contribution in [3.63, 3.8) is 0 Å². The Kier molecular flexibility index (Phi) is 5.92. The van der Waals surface area contributed by atoms with Crippen molar-refractivity contribution in [1.82, 2.24) is 5.32 Å². The van der Waals surface area contributed by atoms with E-state index in [0.717, 1.165) is 0 Å². The fraction of sp³-hybridized carbons (Fsp3) is 0.333. The van der Waals surface area contributed by atoms with Crippen molar-refractivity contribution in [1.29, 1.82) is 0 Å². The summed E-state index contributed by atoms with van der Waals surface area (Å²) in [6.45, 7) is 1.96. The zero-order valence-corrected chi connectivity index (χ0v) is 11.5. The van der Waals surface area contributed by atoms with Crippen molar-refractivity contribution >= 4 is 29.2 Å². The maximum Gasteiger partial charge on any atom is 0.307 e. The molecule has 0 aliphatic carbocycles. The van der Waals surface area contributed by atoms with Crippen molar-refractivity contribution in [2.45, 2.75) is 13.3 Å². The Morgan fingerprint density at radius 2 is 2.15 bits per heavy atom. The molecule has 0 atom stereocenters. The number of rotatable bonds is 6. The zero-order valence-electron chi connectivity index (χ0n) is 10.7. The van der Waals surface area contributed by atoms with Gasteiger partial charge in [0.1, 0.15) is 10.6 Å². The van der Waals surface area contributed by atoms with Gasteiger partial charge in [-0.15, -0.1) is 0 Å². The first-order valence-corrected chi connectivity index (χ1v) is 6.21. The Hall–Kier alpha value is -2.15. The molecular formula is C12H13ClN2O5. The largest absolute Gasteiger partial charge is 0.466 e. The van der Waals surface area contributed by atoms with Gasteiger partial charge in [-0.05, 0) is 19.1 Å². The molecule has 20 heavy (non-hydrogen) atoms. The molecule has 0 aromatic heterocycles. The normalized spacial score (nSPS) is 9.90. The van der Waals surface area contributed by atoms with Crippen molar-refractivity contribution in [3.8, 4) is 0 Å². The Morgan fingerprint density at radius 3 is 2.75 bits per heavy atom. The lowest BCUT2D eigenvalue weighted by Gasteiger charge is -2.06. The van der Waals surface area contributed by atoms with Crippen LogP contribution in [0.5, 0.6) is 0 Å². The molecule has 0 spiro atoms. The molecule has 0 saturated heterocycles. The molecule has 0 radical (unpaired) electrons. The van der Waals surface area contributed by atoms with Crippen LogP contribution in [0.25, 0.3) is 0 Å². The second-order valence-corrected chi connectivity index (χ2v) is 4.11. The monoisotopic (exact) mass is 300 g/mol. The predicted octanol–water partition coefficient (Wildman–Crippen LogP) is 1.93. The van der Waals surface area contributed by atoms with E-state index < -0.39 is 22.5 Å². The molecule has 1 N–H and O–H groups in total. The summed E-state index contributed by atoms with van der Waals surface area (Å²) in [5.41, 5.74) is -0.603. The minimum absolute atomic E-state index is 0.00601. The topological polar surface area (TPSA) is 98.5 Å². The molecule has 108 valence electrons. The van der Waals surface area contributed by atoms with Gasteiger partial charge in [0.15, 0.2) is 0 Å². The number of nitrogens with one attached hydrogen (secondary N) is 1. The Bertz CT molecular complexity index is 533. The third-order valence-corrected chi connectivity index (χ3v) is 2.64. The number of carbonyl (C=O) groups excluding carboxylic acids is 2. The van der Waals surface area contributed by atoms with Gasteiger partial charge in [0.2, 0.25) is 0 Å². The van der Waals surface area contributed by atoms with Crippen molar-refractivity contribution < 1.29 is 19.2 Å². The number of para-hydroxylation sites is 1. The van der Waals surface area contributed by atoms with Crippen LogP contribution in [0.4, 0.5) is 5.69 Å². The molecule has 1 amide bonds. The van der Waals surface area contributed by atoms with E-state index in [9.17, 15) is 19.7 Å². The van der Waals surface area contributed by atoms with Gasteiger partial charge in [0.25, 0.3) is 5.91 Å². The van der Waals surface area contributed by atoms with Crippen LogP contribution in [0.2, 0.25) is 5.02 Å². The molecule has 0 fully saturated rings. The lowest BCUT2D eigenvalue weighted by molar-refractivity contribution is -0.385. The van der Waals surface area contributed by atoms with Crippen LogP contribution in [-0.4, -0.2) is 30.0 Å². The molecule has 1 aromatic carbocycles. The van der Waals surface area contributed by atoms with Gasteiger partial charge in [0, 0.05) is 6.54 Å². The molecule has 0 saturated carbocycles. The Morgan fingerprint density at radius 1 is 1.45 bits per heavy atom. The molecule has 8 heteroatoms. The second kappa shape index (κ2) is 7.44. The van der Waals surface area contributed by atoms with E-state index in [1.165, 1.54) is 18.2 Å². The van der Waals surface area contributed by atoms with Gasteiger partial charge in [-0.1, -0.05) is 17.7 Å². The summed E-state index contributed by atoms with van der Waals surface area (Å²) in [6.07, 6.45) is -0.00601. The lowest BCUT2D eigenvalue weighted by atomic mass is 10.1. The number of nitrogens with zero attached hydrogens (tertiary/aromatic N) is 1. The van der Waals surface area contributed by atoms with Crippen LogP contribution in [0, 0.1) is 10.1 Å². The molecule has 0 aliphatic heterocycles. The fourth-order valence-electron chi connectivity index (χ4n) is 1.49. The van der Waals surface area contributed by atoms with Crippen LogP contribution in [0.1, 0.15) is 23.7 Å². The first-order valence-electron chi connectivity index (χ1n) is 5.84. The van der Waals surface area contributed by atoms with E-state index in [1.807, 2.05) is 0 Å². The third kappa shape index (κ3) is 4.20. The highest BCUT2D eigenvalue weighted by atomic mass is 35.5. The van der Waals surface area contributed by atoms with Crippen LogP contribution in [-0.2, 0) is 9.53 Å². The highest BCUT2D eigenvalue weighted by Gasteiger charge is 2.23. The standard InChI is InChI=1S/C12H13ClN2O5/c1-2-20-10(16)6-7-14-12(17)8-4-3-5-9(13)11(8)15(18)19/h3-5H,2,6-7H2,1H3,(H,14,17). The van der Waals surface area contributed by atoms with Gasteiger partial charge in [0.05, 0.1) is 18.0 Å². The summed E-state index contributed by atoms with van der Waals surface area (Å²) in [4.78, 5) is 33.1. The highest BCUT2D eigenvalue weighted by molar-refractivity contribution is 6.33.